The second kappa shape index (κ2) is 3.64. The number of carbonyl (C=O) groups excluding carboxylic acids is 1. The molecule has 0 radical (unpaired) electrons. The molecule has 2 heterocycles. The van der Waals surface area contributed by atoms with E-state index in [4.69, 9.17) is 5.11 Å². The molecule has 0 aliphatic carbocycles. The van der Waals surface area contributed by atoms with E-state index in [2.05, 4.69) is 5.32 Å². The fourth-order valence-corrected chi connectivity index (χ4v) is 1.90. The summed E-state index contributed by atoms with van der Waals surface area (Å²) in [6.45, 7) is 3.47. The normalized spacial score (nSPS) is 29.0. The zero-order chi connectivity index (χ0) is 9.26. The number of hydrogen-bond donors (Lipinski definition) is 2. The van der Waals surface area contributed by atoms with E-state index in [0.29, 0.717) is 5.92 Å². The molecular weight excluding hydrogens is 168 g/mol. The molecule has 2 rings (SSSR count). The summed E-state index contributed by atoms with van der Waals surface area (Å²) in [5.41, 5.74) is 0. The van der Waals surface area contributed by atoms with Gasteiger partial charge in [-0.1, -0.05) is 0 Å². The Labute approximate surface area is 77.9 Å². The first-order valence-electron chi connectivity index (χ1n) is 4.91. The molecule has 0 aromatic heterocycles. The highest BCUT2D eigenvalue weighted by Gasteiger charge is 2.33. The third-order valence-electron chi connectivity index (χ3n) is 2.99. The zero-order valence-corrected chi connectivity index (χ0v) is 7.70. The molecule has 1 amide bonds. The van der Waals surface area contributed by atoms with Crippen LogP contribution >= 0.6 is 0 Å². The van der Waals surface area contributed by atoms with Gasteiger partial charge in [-0.25, -0.2) is 0 Å². The number of carbonyl (C=O) groups is 1. The standard InChI is InChI=1S/C9H16N2O2/c12-6-7-1-2-11(5-7)9(13)8-3-10-4-8/h7-8,10,12H,1-6H2. The van der Waals surface area contributed by atoms with Crippen LogP contribution in [0.5, 0.6) is 0 Å². The lowest BCUT2D eigenvalue weighted by atomic mass is 10.0. The SMILES string of the molecule is O=C(C1CNC1)N1CCC(CO)C1. The Morgan fingerprint density at radius 1 is 1.54 bits per heavy atom. The van der Waals surface area contributed by atoms with Crippen molar-refractivity contribution in [3.63, 3.8) is 0 Å². The topological polar surface area (TPSA) is 52.6 Å². The van der Waals surface area contributed by atoms with Gasteiger partial charge in [-0.05, 0) is 6.42 Å². The summed E-state index contributed by atoms with van der Waals surface area (Å²) >= 11 is 0. The average molecular weight is 184 g/mol. The Bertz CT molecular complexity index is 204. The summed E-state index contributed by atoms with van der Waals surface area (Å²) in [6, 6.07) is 0. The highest BCUT2D eigenvalue weighted by Crippen LogP contribution is 2.18. The average Bonchev–Trinajstić information content (AvgIpc) is 2.48. The van der Waals surface area contributed by atoms with Crippen molar-refractivity contribution in [3.8, 4) is 0 Å². The largest absolute Gasteiger partial charge is 0.396 e. The van der Waals surface area contributed by atoms with Crippen molar-refractivity contribution in [1.82, 2.24) is 10.2 Å². The van der Waals surface area contributed by atoms with E-state index in [9.17, 15) is 4.79 Å². The van der Waals surface area contributed by atoms with Crippen molar-refractivity contribution >= 4 is 5.91 Å². The summed E-state index contributed by atoms with van der Waals surface area (Å²) in [5.74, 6) is 0.795. The quantitative estimate of drug-likeness (QED) is 0.581. The van der Waals surface area contributed by atoms with Gasteiger partial charge in [0.2, 0.25) is 5.91 Å². The molecule has 2 aliphatic heterocycles. The predicted octanol–water partition coefficient (Wildman–Crippen LogP) is -0.953. The highest BCUT2D eigenvalue weighted by atomic mass is 16.3. The van der Waals surface area contributed by atoms with Crippen LogP contribution in [0.4, 0.5) is 0 Å². The number of hydrogen-bond acceptors (Lipinski definition) is 3. The molecule has 2 saturated heterocycles. The lowest BCUT2D eigenvalue weighted by Gasteiger charge is -2.30. The molecule has 13 heavy (non-hydrogen) atoms. The Balaban J connectivity index is 1.84. The van der Waals surface area contributed by atoms with E-state index in [1.54, 1.807) is 0 Å². The van der Waals surface area contributed by atoms with Crippen molar-refractivity contribution in [2.24, 2.45) is 11.8 Å². The molecule has 0 aromatic carbocycles. The number of likely N-dealkylation sites (tertiary alicyclic amines) is 1. The number of aliphatic hydroxyl groups is 1. The van der Waals surface area contributed by atoms with Gasteiger partial charge < -0.3 is 15.3 Å². The van der Waals surface area contributed by atoms with Crippen molar-refractivity contribution in [2.75, 3.05) is 32.8 Å². The fourth-order valence-electron chi connectivity index (χ4n) is 1.90. The van der Waals surface area contributed by atoms with Gasteiger partial charge in [0.05, 0.1) is 5.92 Å². The van der Waals surface area contributed by atoms with Gasteiger partial charge >= 0.3 is 0 Å². The number of aliphatic hydroxyl groups excluding tert-OH is 1. The van der Waals surface area contributed by atoms with E-state index in [1.165, 1.54) is 0 Å². The Morgan fingerprint density at radius 3 is 2.77 bits per heavy atom. The lowest BCUT2D eigenvalue weighted by Crippen LogP contribution is -2.51. The number of amides is 1. The second-order valence-corrected chi connectivity index (χ2v) is 3.98. The van der Waals surface area contributed by atoms with E-state index < -0.39 is 0 Å². The van der Waals surface area contributed by atoms with Crippen LogP contribution in [0.2, 0.25) is 0 Å². The van der Waals surface area contributed by atoms with Crippen molar-refractivity contribution < 1.29 is 9.90 Å². The van der Waals surface area contributed by atoms with E-state index in [0.717, 1.165) is 32.6 Å². The molecule has 0 saturated carbocycles. The summed E-state index contributed by atoms with van der Waals surface area (Å²) in [4.78, 5) is 13.6. The van der Waals surface area contributed by atoms with Gasteiger partial charge in [0, 0.05) is 38.7 Å². The number of nitrogens with one attached hydrogen (secondary N) is 1. The maximum absolute atomic E-state index is 11.7. The second-order valence-electron chi connectivity index (χ2n) is 3.98. The van der Waals surface area contributed by atoms with Crippen LogP contribution in [-0.4, -0.2) is 48.7 Å². The third-order valence-corrected chi connectivity index (χ3v) is 2.99. The molecule has 0 aromatic rings. The van der Waals surface area contributed by atoms with Gasteiger partial charge in [-0.3, -0.25) is 4.79 Å². The maximum Gasteiger partial charge on any atom is 0.228 e. The van der Waals surface area contributed by atoms with E-state index in [1.807, 2.05) is 4.90 Å². The maximum atomic E-state index is 11.7. The van der Waals surface area contributed by atoms with Crippen molar-refractivity contribution in [3.05, 3.63) is 0 Å². The molecule has 4 heteroatoms. The predicted molar refractivity (Wildman–Crippen MR) is 48.1 cm³/mol. The fraction of sp³-hybridized carbons (Fsp3) is 0.889. The smallest absolute Gasteiger partial charge is 0.228 e. The number of nitrogens with zero attached hydrogens (tertiary/aromatic N) is 1. The van der Waals surface area contributed by atoms with Gasteiger partial charge in [0.1, 0.15) is 0 Å². The Hall–Kier alpha value is -0.610. The highest BCUT2D eigenvalue weighted by molar-refractivity contribution is 5.80. The van der Waals surface area contributed by atoms with Crippen LogP contribution in [0, 0.1) is 11.8 Å². The van der Waals surface area contributed by atoms with E-state index >= 15 is 0 Å². The first kappa shape index (κ1) is 8.97. The van der Waals surface area contributed by atoms with Crippen LogP contribution in [0.3, 0.4) is 0 Å². The molecule has 0 spiro atoms. The van der Waals surface area contributed by atoms with Gasteiger partial charge in [0.25, 0.3) is 0 Å². The summed E-state index contributed by atoms with van der Waals surface area (Å²) < 4.78 is 0. The molecule has 2 N–H and O–H groups in total. The minimum atomic E-state index is 0.206. The van der Waals surface area contributed by atoms with Crippen molar-refractivity contribution in [2.45, 2.75) is 6.42 Å². The first-order valence-corrected chi connectivity index (χ1v) is 4.91. The van der Waals surface area contributed by atoms with Crippen LogP contribution in [0.15, 0.2) is 0 Å². The molecule has 74 valence electrons. The van der Waals surface area contributed by atoms with E-state index in [-0.39, 0.29) is 18.4 Å². The molecule has 1 unspecified atom stereocenters. The molecule has 2 aliphatic rings. The van der Waals surface area contributed by atoms with Gasteiger partial charge in [-0.15, -0.1) is 0 Å². The van der Waals surface area contributed by atoms with Crippen LogP contribution in [-0.2, 0) is 4.79 Å². The van der Waals surface area contributed by atoms with Crippen molar-refractivity contribution in [1.29, 1.82) is 0 Å². The molecule has 2 fully saturated rings. The molecule has 4 nitrogen and oxygen atoms in total. The Kier molecular flexibility index (Phi) is 2.51. The lowest BCUT2D eigenvalue weighted by molar-refractivity contribution is -0.136. The zero-order valence-electron chi connectivity index (χ0n) is 7.70. The summed E-state index contributed by atoms with van der Waals surface area (Å²) in [5, 5.41) is 12.0. The number of rotatable bonds is 2. The minimum absolute atomic E-state index is 0.206. The summed E-state index contributed by atoms with van der Waals surface area (Å²) in [6.07, 6.45) is 0.961. The van der Waals surface area contributed by atoms with Crippen LogP contribution in [0.1, 0.15) is 6.42 Å². The first-order chi connectivity index (χ1) is 6.31. The van der Waals surface area contributed by atoms with Crippen LogP contribution < -0.4 is 5.32 Å². The molecule has 0 bridgehead atoms. The van der Waals surface area contributed by atoms with Gasteiger partial charge in [0.15, 0.2) is 0 Å². The minimum Gasteiger partial charge on any atom is -0.396 e. The molecule has 1 atom stereocenters. The molecular formula is C9H16N2O2. The summed E-state index contributed by atoms with van der Waals surface area (Å²) in [7, 11) is 0. The monoisotopic (exact) mass is 184 g/mol. The van der Waals surface area contributed by atoms with Crippen LogP contribution in [0.25, 0.3) is 0 Å². The Morgan fingerprint density at radius 2 is 2.31 bits per heavy atom. The third kappa shape index (κ3) is 1.69. The van der Waals surface area contributed by atoms with Gasteiger partial charge in [-0.2, -0.15) is 0 Å².